The molecule has 2 nitrogen and oxygen atoms in total. The maximum Gasteiger partial charge on any atom is 0.389 e. The minimum atomic E-state index is -4.05. The molecule has 0 spiro atoms. The zero-order valence-electron chi connectivity index (χ0n) is 12.9. The summed E-state index contributed by atoms with van der Waals surface area (Å²) >= 11 is 0. The van der Waals surface area contributed by atoms with Crippen molar-refractivity contribution in [3.63, 3.8) is 0 Å². The van der Waals surface area contributed by atoms with Gasteiger partial charge in [-0.05, 0) is 46.3 Å². The first-order valence-electron chi connectivity index (χ1n) is 7.24. The van der Waals surface area contributed by atoms with Crippen LogP contribution in [0.25, 0.3) is 0 Å². The van der Waals surface area contributed by atoms with Gasteiger partial charge < -0.3 is 5.32 Å². The predicted octanol–water partition coefficient (Wildman–Crippen LogP) is 3.82. The number of rotatable bonds is 9. The van der Waals surface area contributed by atoms with Gasteiger partial charge in [-0.15, -0.1) is 0 Å². The van der Waals surface area contributed by atoms with Crippen LogP contribution < -0.4 is 5.32 Å². The Morgan fingerprint density at radius 3 is 1.95 bits per heavy atom. The van der Waals surface area contributed by atoms with Crippen LogP contribution >= 0.6 is 0 Å². The molecule has 0 aromatic carbocycles. The van der Waals surface area contributed by atoms with Crippen LogP contribution in [0.2, 0.25) is 0 Å². The largest absolute Gasteiger partial charge is 0.389 e. The van der Waals surface area contributed by atoms with Gasteiger partial charge in [0.1, 0.15) is 0 Å². The molecule has 0 saturated carbocycles. The van der Waals surface area contributed by atoms with Gasteiger partial charge >= 0.3 is 6.18 Å². The van der Waals surface area contributed by atoms with Crippen LogP contribution in [-0.4, -0.2) is 42.3 Å². The average molecular weight is 282 g/mol. The Balaban J connectivity index is 4.60. The lowest BCUT2D eigenvalue weighted by atomic mass is 9.88. The van der Waals surface area contributed by atoms with Crippen molar-refractivity contribution in [1.82, 2.24) is 10.2 Å². The molecule has 0 radical (unpaired) electrons. The first kappa shape index (κ1) is 18.7. The molecule has 0 heterocycles. The summed E-state index contributed by atoms with van der Waals surface area (Å²) in [4.78, 5) is 2.30. The highest BCUT2D eigenvalue weighted by Gasteiger charge is 2.34. The molecule has 0 fully saturated rings. The maximum absolute atomic E-state index is 12.2. The van der Waals surface area contributed by atoms with Gasteiger partial charge in [0.05, 0.1) is 0 Å². The van der Waals surface area contributed by atoms with E-state index in [0.717, 1.165) is 19.6 Å². The van der Waals surface area contributed by atoms with E-state index in [1.807, 2.05) is 6.92 Å². The van der Waals surface area contributed by atoms with Gasteiger partial charge in [0.25, 0.3) is 0 Å². The van der Waals surface area contributed by atoms with E-state index < -0.39 is 12.6 Å². The van der Waals surface area contributed by atoms with Crippen LogP contribution in [0, 0.1) is 0 Å². The van der Waals surface area contributed by atoms with Crippen molar-refractivity contribution in [2.75, 3.05) is 19.6 Å². The van der Waals surface area contributed by atoms with Gasteiger partial charge in [-0.3, -0.25) is 4.90 Å². The highest BCUT2D eigenvalue weighted by molar-refractivity contribution is 4.92. The van der Waals surface area contributed by atoms with E-state index in [9.17, 15) is 13.2 Å². The lowest BCUT2D eigenvalue weighted by molar-refractivity contribution is -0.136. The molecule has 0 amide bonds. The van der Waals surface area contributed by atoms with Crippen LogP contribution in [0.4, 0.5) is 13.2 Å². The summed E-state index contributed by atoms with van der Waals surface area (Å²) in [6.07, 6.45) is -4.00. The zero-order valence-corrected chi connectivity index (χ0v) is 12.9. The quantitative estimate of drug-likeness (QED) is 0.691. The number of halogens is 3. The van der Waals surface area contributed by atoms with Gasteiger partial charge in [-0.25, -0.2) is 0 Å². The topological polar surface area (TPSA) is 15.3 Å². The molecule has 0 rings (SSSR count). The Labute approximate surface area is 115 Å². The lowest BCUT2D eigenvalue weighted by Crippen LogP contribution is -2.57. The number of alkyl halides is 3. The van der Waals surface area contributed by atoms with E-state index in [0.29, 0.717) is 6.42 Å². The van der Waals surface area contributed by atoms with Crippen molar-refractivity contribution in [3.05, 3.63) is 0 Å². The molecule has 5 heteroatoms. The minimum Gasteiger partial charge on any atom is -0.312 e. The average Bonchev–Trinajstić information content (AvgIpc) is 2.27. The van der Waals surface area contributed by atoms with Gasteiger partial charge in [0.2, 0.25) is 0 Å². The van der Waals surface area contributed by atoms with E-state index in [1.54, 1.807) is 0 Å². The summed E-state index contributed by atoms with van der Waals surface area (Å²) in [6.45, 7) is 13.0. The summed E-state index contributed by atoms with van der Waals surface area (Å²) in [5, 5.41) is 3.35. The molecule has 0 aromatic heterocycles. The molecule has 0 aromatic rings. The third-order valence-corrected chi connectivity index (χ3v) is 3.83. The number of nitrogens with zero attached hydrogens (tertiary/aromatic N) is 1. The summed E-state index contributed by atoms with van der Waals surface area (Å²) in [5.41, 5.74) is -0.134. The second-order valence-electron chi connectivity index (χ2n) is 5.44. The molecule has 0 aliphatic heterocycles. The highest BCUT2D eigenvalue weighted by atomic mass is 19.4. The SMILES string of the molecule is CCNC(CCCC(F)(F)F)C(C)(C)N(CC)CC. The normalized spacial score (nSPS) is 15.0. The van der Waals surface area contributed by atoms with Gasteiger partial charge in [-0.2, -0.15) is 13.2 Å². The standard InChI is InChI=1S/C14H29F3N2/c1-6-18-12(10-9-11-14(15,16)17)13(4,5)19(7-2)8-3/h12,18H,6-11H2,1-5H3. The molecule has 1 N–H and O–H groups in total. The Morgan fingerprint density at radius 2 is 1.58 bits per heavy atom. The van der Waals surface area contributed by atoms with Crippen molar-refractivity contribution in [2.24, 2.45) is 0 Å². The van der Waals surface area contributed by atoms with E-state index in [1.165, 1.54) is 0 Å². The van der Waals surface area contributed by atoms with Crippen LogP contribution in [0.1, 0.15) is 53.9 Å². The number of hydrogen-bond donors (Lipinski definition) is 1. The summed E-state index contributed by atoms with van der Waals surface area (Å²) in [6, 6.07) is 0.0831. The molecule has 1 unspecified atom stereocenters. The van der Waals surface area contributed by atoms with Gasteiger partial charge in [0, 0.05) is 18.0 Å². The molecule has 0 aliphatic carbocycles. The zero-order chi connectivity index (χ0) is 15.1. The fourth-order valence-corrected chi connectivity index (χ4v) is 2.72. The molecular weight excluding hydrogens is 253 g/mol. The van der Waals surface area contributed by atoms with Crippen LogP contribution in [-0.2, 0) is 0 Å². The van der Waals surface area contributed by atoms with Crippen molar-refractivity contribution >= 4 is 0 Å². The fourth-order valence-electron chi connectivity index (χ4n) is 2.72. The molecule has 0 aliphatic rings. The Bertz CT molecular complexity index is 235. The van der Waals surface area contributed by atoms with E-state index in [-0.39, 0.29) is 18.0 Å². The minimum absolute atomic E-state index is 0.0831. The first-order chi connectivity index (χ1) is 8.69. The molecular formula is C14H29F3N2. The first-order valence-corrected chi connectivity index (χ1v) is 7.24. The van der Waals surface area contributed by atoms with Crippen molar-refractivity contribution in [1.29, 1.82) is 0 Å². The van der Waals surface area contributed by atoms with E-state index in [2.05, 4.69) is 37.9 Å². The van der Waals surface area contributed by atoms with Crippen molar-refractivity contribution in [3.8, 4) is 0 Å². The number of likely N-dealkylation sites (N-methyl/N-ethyl adjacent to an activating group) is 2. The summed E-state index contributed by atoms with van der Waals surface area (Å²) < 4.78 is 36.7. The number of nitrogens with one attached hydrogen (secondary N) is 1. The Kier molecular flexibility index (Phi) is 7.98. The van der Waals surface area contributed by atoms with Crippen LogP contribution in [0.3, 0.4) is 0 Å². The van der Waals surface area contributed by atoms with Crippen molar-refractivity contribution in [2.45, 2.75) is 71.6 Å². The molecule has 116 valence electrons. The second kappa shape index (κ2) is 8.10. The highest BCUT2D eigenvalue weighted by Crippen LogP contribution is 2.27. The molecule has 0 bridgehead atoms. The van der Waals surface area contributed by atoms with Crippen LogP contribution in [0.5, 0.6) is 0 Å². The number of hydrogen-bond acceptors (Lipinski definition) is 2. The monoisotopic (exact) mass is 282 g/mol. The smallest absolute Gasteiger partial charge is 0.312 e. The molecule has 1 atom stereocenters. The Morgan fingerprint density at radius 1 is 1.05 bits per heavy atom. The van der Waals surface area contributed by atoms with Crippen molar-refractivity contribution < 1.29 is 13.2 Å². The van der Waals surface area contributed by atoms with Gasteiger partial charge in [-0.1, -0.05) is 20.8 Å². The maximum atomic E-state index is 12.2. The second-order valence-corrected chi connectivity index (χ2v) is 5.44. The molecule has 19 heavy (non-hydrogen) atoms. The fraction of sp³-hybridized carbons (Fsp3) is 1.00. The molecule has 0 saturated heterocycles. The third-order valence-electron chi connectivity index (χ3n) is 3.83. The van der Waals surface area contributed by atoms with E-state index in [4.69, 9.17) is 0 Å². The summed E-state index contributed by atoms with van der Waals surface area (Å²) in [5.74, 6) is 0. The van der Waals surface area contributed by atoms with E-state index >= 15 is 0 Å². The summed E-state index contributed by atoms with van der Waals surface area (Å²) in [7, 11) is 0. The predicted molar refractivity (Wildman–Crippen MR) is 74.4 cm³/mol. The third kappa shape index (κ3) is 6.61. The van der Waals surface area contributed by atoms with Crippen LogP contribution in [0.15, 0.2) is 0 Å². The Hall–Kier alpha value is -0.290. The van der Waals surface area contributed by atoms with Gasteiger partial charge in [0.15, 0.2) is 0 Å². The lowest BCUT2D eigenvalue weighted by Gasteiger charge is -2.44.